The molecule has 2 aromatic rings. The fraction of sp³-hybridized carbons (Fsp3) is 0.0769. The van der Waals surface area contributed by atoms with Crippen LogP contribution in [0.3, 0.4) is 0 Å². The van der Waals surface area contributed by atoms with E-state index >= 15 is 0 Å². The molecule has 0 unspecified atom stereocenters. The van der Waals surface area contributed by atoms with Crippen molar-refractivity contribution in [3.05, 3.63) is 54.1 Å². The first-order valence-electron chi connectivity index (χ1n) is 4.95. The minimum absolute atomic E-state index is 0.0953. The van der Waals surface area contributed by atoms with Crippen molar-refractivity contribution < 1.29 is 14.9 Å². The Morgan fingerprint density at radius 3 is 2.12 bits per heavy atom. The van der Waals surface area contributed by atoms with Gasteiger partial charge in [-0.05, 0) is 18.2 Å². The fourth-order valence-corrected chi connectivity index (χ4v) is 1.37. The van der Waals surface area contributed by atoms with Crippen LogP contribution in [0, 0.1) is 0 Å². The molecule has 16 heavy (non-hydrogen) atoms. The van der Waals surface area contributed by atoms with Gasteiger partial charge in [-0.25, -0.2) is 0 Å². The molecule has 0 spiro atoms. The molecule has 0 bridgehead atoms. The summed E-state index contributed by atoms with van der Waals surface area (Å²) in [4.78, 5) is 0. The van der Waals surface area contributed by atoms with Crippen LogP contribution in [0.25, 0.3) is 0 Å². The Morgan fingerprint density at radius 2 is 1.44 bits per heavy atom. The lowest BCUT2D eigenvalue weighted by Crippen LogP contribution is -1.95. The first-order chi connectivity index (χ1) is 7.77. The number of rotatable bonds is 3. The van der Waals surface area contributed by atoms with Crippen LogP contribution in [0.5, 0.6) is 17.2 Å². The Hall–Kier alpha value is -2.16. The lowest BCUT2D eigenvalue weighted by Gasteiger charge is -2.08. The van der Waals surface area contributed by atoms with Gasteiger partial charge in [0.1, 0.15) is 12.4 Å². The molecule has 0 heterocycles. The number of hydrogen-bond acceptors (Lipinski definition) is 3. The summed E-state index contributed by atoms with van der Waals surface area (Å²) < 4.78 is 5.39. The minimum Gasteiger partial charge on any atom is -0.508 e. The van der Waals surface area contributed by atoms with Crippen LogP contribution in [-0.2, 0) is 6.61 Å². The summed E-state index contributed by atoms with van der Waals surface area (Å²) in [5, 5.41) is 19.0. The van der Waals surface area contributed by atoms with Crippen LogP contribution in [0.4, 0.5) is 0 Å². The van der Waals surface area contributed by atoms with E-state index in [1.165, 1.54) is 0 Å². The Kier molecular flexibility index (Phi) is 2.96. The third-order valence-electron chi connectivity index (χ3n) is 2.24. The smallest absolute Gasteiger partial charge is 0.161 e. The molecule has 0 saturated carbocycles. The van der Waals surface area contributed by atoms with Crippen molar-refractivity contribution in [2.45, 2.75) is 6.61 Å². The van der Waals surface area contributed by atoms with Gasteiger partial charge in [0.05, 0.1) is 0 Å². The zero-order chi connectivity index (χ0) is 11.4. The number of aromatic hydroxyl groups is 2. The molecule has 2 aromatic carbocycles. The SMILES string of the molecule is Oc1ccccc1COc1ccccc1O. The average Bonchev–Trinajstić information content (AvgIpc) is 2.30. The number of phenolic OH excluding ortho intramolecular Hbond substituents is 2. The molecule has 2 rings (SSSR count). The molecular weight excluding hydrogens is 204 g/mol. The van der Waals surface area contributed by atoms with E-state index in [1.807, 2.05) is 6.07 Å². The standard InChI is InChI=1S/C13H12O3/c14-11-6-2-1-5-10(11)9-16-13-8-4-3-7-12(13)15/h1-8,14-15H,9H2. The van der Waals surface area contributed by atoms with Crippen molar-refractivity contribution in [1.29, 1.82) is 0 Å². The molecule has 0 aliphatic heterocycles. The van der Waals surface area contributed by atoms with Gasteiger partial charge in [-0.15, -0.1) is 0 Å². The Labute approximate surface area is 93.6 Å². The van der Waals surface area contributed by atoms with Gasteiger partial charge in [0.15, 0.2) is 11.5 Å². The zero-order valence-electron chi connectivity index (χ0n) is 8.63. The summed E-state index contributed by atoms with van der Waals surface area (Å²) >= 11 is 0. The Balaban J connectivity index is 2.09. The highest BCUT2D eigenvalue weighted by atomic mass is 16.5. The molecule has 0 saturated heterocycles. The normalized spacial score (nSPS) is 10.0. The Bertz CT molecular complexity index is 435. The van der Waals surface area contributed by atoms with Crippen molar-refractivity contribution in [2.24, 2.45) is 0 Å². The summed E-state index contributed by atoms with van der Waals surface area (Å²) in [6.45, 7) is 0.226. The zero-order valence-corrected chi connectivity index (χ0v) is 8.63. The molecule has 82 valence electrons. The molecule has 0 aliphatic carbocycles. The van der Waals surface area contributed by atoms with E-state index in [0.717, 1.165) is 0 Å². The number of phenols is 2. The van der Waals surface area contributed by atoms with E-state index in [1.54, 1.807) is 42.5 Å². The van der Waals surface area contributed by atoms with Crippen LogP contribution in [0.15, 0.2) is 48.5 Å². The van der Waals surface area contributed by atoms with Gasteiger partial charge in [-0.3, -0.25) is 0 Å². The number of hydrogen-bond donors (Lipinski definition) is 2. The van der Waals surface area contributed by atoms with Crippen LogP contribution >= 0.6 is 0 Å². The third kappa shape index (κ3) is 2.25. The number of para-hydroxylation sites is 3. The van der Waals surface area contributed by atoms with Crippen molar-refractivity contribution in [1.82, 2.24) is 0 Å². The fourth-order valence-electron chi connectivity index (χ4n) is 1.37. The maximum absolute atomic E-state index is 9.52. The highest BCUT2D eigenvalue weighted by Crippen LogP contribution is 2.26. The van der Waals surface area contributed by atoms with E-state index in [9.17, 15) is 10.2 Å². The number of ether oxygens (including phenoxy) is 1. The van der Waals surface area contributed by atoms with Gasteiger partial charge in [0.25, 0.3) is 0 Å². The molecule has 0 amide bonds. The van der Waals surface area contributed by atoms with Gasteiger partial charge in [0.2, 0.25) is 0 Å². The van der Waals surface area contributed by atoms with Crippen LogP contribution in [0.2, 0.25) is 0 Å². The summed E-state index contributed by atoms with van der Waals surface area (Å²) in [5.41, 5.74) is 0.686. The molecule has 0 fully saturated rings. The largest absolute Gasteiger partial charge is 0.508 e. The number of benzene rings is 2. The van der Waals surface area contributed by atoms with Crippen LogP contribution < -0.4 is 4.74 Å². The highest BCUT2D eigenvalue weighted by Gasteiger charge is 2.03. The van der Waals surface area contributed by atoms with Crippen molar-refractivity contribution in [3.63, 3.8) is 0 Å². The highest BCUT2D eigenvalue weighted by molar-refractivity contribution is 5.38. The first kappa shape index (κ1) is 10.4. The lowest BCUT2D eigenvalue weighted by atomic mass is 10.2. The molecule has 3 nitrogen and oxygen atoms in total. The second kappa shape index (κ2) is 4.57. The third-order valence-corrected chi connectivity index (χ3v) is 2.24. The van der Waals surface area contributed by atoms with Crippen molar-refractivity contribution in [2.75, 3.05) is 0 Å². The van der Waals surface area contributed by atoms with Crippen LogP contribution in [-0.4, -0.2) is 10.2 Å². The van der Waals surface area contributed by atoms with Crippen LogP contribution in [0.1, 0.15) is 5.56 Å². The van der Waals surface area contributed by atoms with Gasteiger partial charge >= 0.3 is 0 Å². The minimum atomic E-state index is 0.0953. The molecule has 0 atom stereocenters. The molecule has 0 aliphatic rings. The monoisotopic (exact) mass is 216 g/mol. The summed E-state index contributed by atoms with van der Waals surface area (Å²) in [6, 6.07) is 13.7. The van der Waals surface area contributed by atoms with Gasteiger partial charge in [0, 0.05) is 5.56 Å². The lowest BCUT2D eigenvalue weighted by molar-refractivity contribution is 0.283. The maximum atomic E-state index is 9.52. The topological polar surface area (TPSA) is 49.7 Å². The van der Waals surface area contributed by atoms with Gasteiger partial charge < -0.3 is 14.9 Å². The molecule has 0 radical (unpaired) electrons. The van der Waals surface area contributed by atoms with Gasteiger partial charge in [-0.2, -0.15) is 0 Å². The molecule has 2 N–H and O–H groups in total. The molecule has 0 aromatic heterocycles. The predicted molar refractivity (Wildman–Crippen MR) is 60.5 cm³/mol. The second-order valence-electron chi connectivity index (χ2n) is 3.39. The Morgan fingerprint density at radius 1 is 0.812 bits per heavy atom. The predicted octanol–water partition coefficient (Wildman–Crippen LogP) is 2.68. The van der Waals surface area contributed by atoms with Gasteiger partial charge in [-0.1, -0.05) is 30.3 Å². The summed E-state index contributed by atoms with van der Waals surface area (Å²) in [7, 11) is 0. The molecular formula is C13H12O3. The quantitative estimate of drug-likeness (QED) is 0.829. The van der Waals surface area contributed by atoms with E-state index in [2.05, 4.69) is 0 Å². The van der Waals surface area contributed by atoms with E-state index in [4.69, 9.17) is 4.74 Å². The van der Waals surface area contributed by atoms with E-state index < -0.39 is 0 Å². The van der Waals surface area contributed by atoms with Crippen molar-refractivity contribution >= 4 is 0 Å². The maximum Gasteiger partial charge on any atom is 0.161 e. The van der Waals surface area contributed by atoms with E-state index in [0.29, 0.717) is 11.3 Å². The van der Waals surface area contributed by atoms with E-state index in [-0.39, 0.29) is 18.1 Å². The molecule has 3 heteroatoms. The second-order valence-corrected chi connectivity index (χ2v) is 3.39. The summed E-state index contributed by atoms with van der Waals surface area (Å²) in [6.07, 6.45) is 0. The average molecular weight is 216 g/mol. The summed E-state index contributed by atoms with van der Waals surface area (Å²) in [5.74, 6) is 0.696. The van der Waals surface area contributed by atoms with Crippen molar-refractivity contribution in [3.8, 4) is 17.2 Å². The first-order valence-corrected chi connectivity index (χ1v) is 4.95.